The van der Waals surface area contributed by atoms with Crippen LogP contribution in [0, 0.1) is 5.92 Å². The Balaban J connectivity index is 1.78. The van der Waals surface area contributed by atoms with E-state index in [0.29, 0.717) is 12.5 Å². The second kappa shape index (κ2) is 6.68. The highest BCUT2D eigenvalue weighted by Crippen LogP contribution is 2.15. The normalized spacial score (nSPS) is 21.3. The molecular weight excluding hydrogens is 238 g/mol. The molecule has 1 aromatic carbocycles. The minimum absolute atomic E-state index is 0.0570. The van der Waals surface area contributed by atoms with E-state index in [2.05, 4.69) is 10.2 Å². The van der Waals surface area contributed by atoms with Crippen molar-refractivity contribution in [2.75, 3.05) is 26.2 Å². The van der Waals surface area contributed by atoms with Gasteiger partial charge >= 0.3 is 0 Å². The quantitative estimate of drug-likeness (QED) is 0.836. The summed E-state index contributed by atoms with van der Waals surface area (Å²) in [5.41, 5.74) is 6.79. The van der Waals surface area contributed by atoms with Crippen molar-refractivity contribution in [1.29, 1.82) is 0 Å². The SMILES string of the molecule is CC(NC(=O)CN1CCC(CN)C1)c1ccccc1. The minimum Gasteiger partial charge on any atom is -0.348 e. The van der Waals surface area contributed by atoms with E-state index in [1.807, 2.05) is 37.3 Å². The molecule has 2 atom stereocenters. The van der Waals surface area contributed by atoms with E-state index in [1.54, 1.807) is 0 Å². The van der Waals surface area contributed by atoms with Crippen molar-refractivity contribution in [2.24, 2.45) is 11.7 Å². The van der Waals surface area contributed by atoms with Gasteiger partial charge in [-0.05, 0) is 37.9 Å². The highest BCUT2D eigenvalue weighted by Gasteiger charge is 2.23. The number of likely N-dealkylation sites (tertiary alicyclic amines) is 1. The van der Waals surface area contributed by atoms with Crippen LogP contribution in [0.15, 0.2) is 30.3 Å². The summed E-state index contributed by atoms with van der Waals surface area (Å²) in [5.74, 6) is 0.647. The van der Waals surface area contributed by atoms with E-state index in [1.165, 1.54) is 0 Å². The van der Waals surface area contributed by atoms with Gasteiger partial charge in [0.25, 0.3) is 0 Å². The minimum atomic E-state index is 0.0570. The number of hydrogen-bond acceptors (Lipinski definition) is 3. The smallest absolute Gasteiger partial charge is 0.234 e. The lowest BCUT2D eigenvalue weighted by Gasteiger charge is -2.18. The maximum atomic E-state index is 12.0. The molecule has 1 heterocycles. The summed E-state index contributed by atoms with van der Waals surface area (Å²) >= 11 is 0. The lowest BCUT2D eigenvalue weighted by atomic mass is 10.1. The Morgan fingerprint density at radius 3 is 2.84 bits per heavy atom. The van der Waals surface area contributed by atoms with Gasteiger partial charge in [0.1, 0.15) is 0 Å². The molecule has 1 saturated heterocycles. The molecule has 0 aromatic heterocycles. The first-order valence-corrected chi connectivity index (χ1v) is 6.95. The van der Waals surface area contributed by atoms with Crippen LogP contribution < -0.4 is 11.1 Å². The van der Waals surface area contributed by atoms with Crippen LogP contribution in [-0.2, 0) is 4.79 Å². The first-order valence-electron chi connectivity index (χ1n) is 6.95. The van der Waals surface area contributed by atoms with Crippen LogP contribution in [0.1, 0.15) is 24.9 Å². The molecule has 1 aliphatic rings. The molecule has 4 nitrogen and oxygen atoms in total. The van der Waals surface area contributed by atoms with E-state index in [9.17, 15) is 4.79 Å². The summed E-state index contributed by atoms with van der Waals surface area (Å²) in [6, 6.07) is 10.1. The van der Waals surface area contributed by atoms with E-state index >= 15 is 0 Å². The summed E-state index contributed by atoms with van der Waals surface area (Å²) in [7, 11) is 0. The summed E-state index contributed by atoms with van der Waals surface area (Å²) in [6.45, 7) is 5.14. The molecule has 1 fully saturated rings. The van der Waals surface area contributed by atoms with Gasteiger partial charge in [0.05, 0.1) is 12.6 Å². The molecule has 3 N–H and O–H groups in total. The number of benzene rings is 1. The third-order valence-corrected chi connectivity index (χ3v) is 3.75. The second-order valence-corrected chi connectivity index (χ2v) is 5.33. The van der Waals surface area contributed by atoms with Crippen LogP contribution >= 0.6 is 0 Å². The molecule has 0 radical (unpaired) electrons. The molecule has 4 heteroatoms. The third kappa shape index (κ3) is 4.04. The van der Waals surface area contributed by atoms with Gasteiger partial charge in [0, 0.05) is 6.54 Å². The zero-order chi connectivity index (χ0) is 13.7. The number of nitrogens with two attached hydrogens (primary N) is 1. The third-order valence-electron chi connectivity index (χ3n) is 3.75. The number of carbonyl (C=O) groups excluding carboxylic acids is 1. The van der Waals surface area contributed by atoms with Crippen molar-refractivity contribution in [3.05, 3.63) is 35.9 Å². The van der Waals surface area contributed by atoms with Crippen LogP contribution in [0.2, 0.25) is 0 Å². The Bertz CT molecular complexity index is 407. The number of nitrogens with zero attached hydrogens (tertiary/aromatic N) is 1. The van der Waals surface area contributed by atoms with Gasteiger partial charge < -0.3 is 11.1 Å². The molecule has 1 aliphatic heterocycles. The zero-order valence-corrected chi connectivity index (χ0v) is 11.5. The highest BCUT2D eigenvalue weighted by atomic mass is 16.2. The van der Waals surface area contributed by atoms with Gasteiger partial charge in [-0.15, -0.1) is 0 Å². The number of carbonyl (C=O) groups is 1. The largest absolute Gasteiger partial charge is 0.348 e. The van der Waals surface area contributed by atoms with E-state index in [-0.39, 0.29) is 11.9 Å². The molecule has 0 aliphatic carbocycles. The lowest BCUT2D eigenvalue weighted by Crippen LogP contribution is -2.37. The van der Waals surface area contributed by atoms with Crippen molar-refractivity contribution >= 4 is 5.91 Å². The van der Waals surface area contributed by atoms with Crippen molar-refractivity contribution in [3.8, 4) is 0 Å². The van der Waals surface area contributed by atoms with Crippen LogP contribution in [0.4, 0.5) is 0 Å². The molecule has 0 saturated carbocycles. The lowest BCUT2D eigenvalue weighted by molar-refractivity contribution is -0.122. The number of hydrogen-bond donors (Lipinski definition) is 2. The van der Waals surface area contributed by atoms with Crippen molar-refractivity contribution in [1.82, 2.24) is 10.2 Å². The Morgan fingerprint density at radius 1 is 1.47 bits per heavy atom. The van der Waals surface area contributed by atoms with Gasteiger partial charge in [-0.3, -0.25) is 9.69 Å². The first kappa shape index (κ1) is 14.0. The van der Waals surface area contributed by atoms with E-state index < -0.39 is 0 Å². The Kier molecular flexibility index (Phi) is 4.93. The van der Waals surface area contributed by atoms with Crippen molar-refractivity contribution in [2.45, 2.75) is 19.4 Å². The zero-order valence-electron chi connectivity index (χ0n) is 11.5. The van der Waals surface area contributed by atoms with Crippen LogP contribution in [0.5, 0.6) is 0 Å². The number of amides is 1. The predicted octanol–water partition coefficient (Wildman–Crippen LogP) is 1.14. The fourth-order valence-corrected chi connectivity index (χ4v) is 2.56. The van der Waals surface area contributed by atoms with Gasteiger partial charge in [-0.2, -0.15) is 0 Å². The summed E-state index contributed by atoms with van der Waals surface area (Å²) < 4.78 is 0. The van der Waals surface area contributed by atoms with E-state index in [4.69, 9.17) is 5.73 Å². The molecule has 2 rings (SSSR count). The summed E-state index contributed by atoms with van der Waals surface area (Å²) in [4.78, 5) is 14.2. The highest BCUT2D eigenvalue weighted by molar-refractivity contribution is 5.78. The first-order chi connectivity index (χ1) is 9.19. The van der Waals surface area contributed by atoms with Crippen molar-refractivity contribution < 1.29 is 4.79 Å². The predicted molar refractivity (Wildman–Crippen MR) is 76.6 cm³/mol. The topological polar surface area (TPSA) is 58.4 Å². The maximum absolute atomic E-state index is 12.0. The fourth-order valence-electron chi connectivity index (χ4n) is 2.56. The van der Waals surface area contributed by atoms with Gasteiger partial charge in [0.2, 0.25) is 5.91 Å². The van der Waals surface area contributed by atoms with Crippen LogP contribution in [0.25, 0.3) is 0 Å². The molecule has 1 aromatic rings. The fraction of sp³-hybridized carbons (Fsp3) is 0.533. The average Bonchev–Trinajstić information content (AvgIpc) is 2.87. The van der Waals surface area contributed by atoms with Gasteiger partial charge in [0.15, 0.2) is 0 Å². The molecule has 0 spiro atoms. The van der Waals surface area contributed by atoms with Crippen LogP contribution in [0.3, 0.4) is 0 Å². The Hall–Kier alpha value is -1.39. The molecule has 0 bridgehead atoms. The number of nitrogens with one attached hydrogen (secondary N) is 1. The van der Waals surface area contributed by atoms with Gasteiger partial charge in [-0.1, -0.05) is 30.3 Å². The van der Waals surface area contributed by atoms with Crippen molar-refractivity contribution in [3.63, 3.8) is 0 Å². The molecule has 104 valence electrons. The van der Waals surface area contributed by atoms with E-state index in [0.717, 1.165) is 31.6 Å². The maximum Gasteiger partial charge on any atom is 0.234 e. The average molecular weight is 261 g/mol. The molecular formula is C15H23N3O. The monoisotopic (exact) mass is 261 g/mol. The molecule has 1 amide bonds. The molecule has 19 heavy (non-hydrogen) atoms. The summed E-state index contributed by atoms with van der Waals surface area (Å²) in [6.07, 6.45) is 1.11. The summed E-state index contributed by atoms with van der Waals surface area (Å²) in [5, 5.41) is 3.04. The standard InChI is InChI=1S/C15H23N3O/c1-12(14-5-3-2-4-6-14)17-15(19)11-18-8-7-13(9-16)10-18/h2-6,12-13H,7-11,16H2,1H3,(H,17,19). The number of rotatable bonds is 5. The Morgan fingerprint density at radius 2 is 2.21 bits per heavy atom. The second-order valence-electron chi connectivity index (χ2n) is 5.33. The van der Waals surface area contributed by atoms with Gasteiger partial charge in [-0.25, -0.2) is 0 Å². The molecule has 2 unspecified atom stereocenters. The van der Waals surface area contributed by atoms with Crippen LogP contribution in [-0.4, -0.2) is 37.0 Å². The Labute approximate surface area is 115 Å².